The van der Waals surface area contributed by atoms with E-state index in [1.807, 2.05) is 49.4 Å². The number of nitrogens with one attached hydrogen (secondary N) is 1. The highest BCUT2D eigenvalue weighted by Crippen LogP contribution is 2.21. The maximum atomic E-state index is 11.6. The van der Waals surface area contributed by atoms with Gasteiger partial charge in [-0.2, -0.15) is 0 Å². The summed E-state index contributed by atoms with van der Waals surface area (Å²) in [6.45, 7) is 2.49. The second-order valence-electron chi connectivity index (χ2n) is 4.71. The SMILES string of the molecule is Cc1ccc(C(NCc2ccccc2)C(N)=O)cc1Cl. The minimum Gasteiger partial charge on any atom is -0.368 e. The molecule has 104 valence electrons. The molecule has 4 heteroatoms. The number of halogens is 1. The molecule has 0 aliphatic heterocycles. The average molecular weight is 289 g/mol. The van der Waals surface area contributed by atoms with E-state index < -0.39 is 11.9 Å². The Labute approximate surface area is 123 Å². The molecular weight excluding hydrogens is 272 g/mol. The van der Waals surface area contributed by atoms with E-state index in [2.05, 4.69) is 5.32 Å². The number of hydrogen-bond donors (Lipinski definition) is 2. The van der Waals surface area contributed by atoms with Crippen LogP contribution in [0.1, 0.15) is 22.7 Å². The summed E-state index contributed by atoms with van der Waals surface area (Å²) in [6.07, 6.45) is 0. The summed E-state index contributed by atoms with van der Waals surface area (Å²) in [5.41, 5.74) is 8.33. The zero-order valence-corrected chi connectivity index (χ0v) is 12.0. The van der Waals surface area contributed by atoms with Crippen LogP contribution >= 0.6 is 11.6 Å². The Hall–Kier alpha value is -1.84. The van der Waals surface area contributed by atoms with Crippen LogP contribution in [0, 0.1) is 6.92 Å². The molecule has 2 rings (SSSR count). The summed E-state index contributed by atoms with van der Waals surface area (Å²) in [7, 11) is 0. The van der Waals surface area contributed by atoms with Crippen molar-refractivity contribution < 1.29 is 4.79 Å². The fraction of sp³-hybridized carbons (Fsp3) is 0.188. The minimum absolute atomic E-state index is 0.416. The van der Waals surface area contributed by atoms with Crippen LogP contribution in [0.5, 0.6) is 0 Å². The highest BCUT2D eigenvalue weighted by molar-refractivity contribution is 6.31. The van der Waals surface area contributed by atoms with Gasteiger partial charge in [0.05, 0.1) is 0 Å². The van der Waals surface area contributed by atoms with Gasteiger partial charge in [0.1, 0.15) is 6.04 Å². The first kappa shape index (κ1) is 14.6. The van der Waals surface area contributed by atoms with Gasteiger partial charge in [0.25, 0.3) is 0 Å². The third-order valence-corrected chi connectivity index (χ3v) is 3.57. The van der Waals surface area contributed by atoms with Crippen LogP contribution in [0.2, 0.25) is 5.02 Å². The van der Waals surface area contributed by atoms with Gasteiger partial charge in [-0.05, 0) is 29.7 Å². The number of carbonyl (C=O) groups excluding carboxylic acids is 1. The van der Waals surface area contributed by atoms with Crippen LogP contribution in [0.25, 0.3) is 0 Å². The van der Waals surface area contributed by atoms with Gasteiger partial charge in [-0.3, -0.25) is 10.1 Å². The number of rotatable bonds is 5. The van der Waals surface area contributed by atoms with Gasteiger partial charge in [-0.1, -0.05) is 54.1 Å². The van der Waals surface area contributed by atoms with Gasteiger partial charge < -0.3 is 5.73 Å². The van der Waals surface area contributed by atoms with E-state index in [1.165, 1.54) is 0 Å². The molecule has 3 N–H and O–H groups in total. The van der Waals surface area contributed by atoms with E-state index >= 15 is 0 Å². The molecule has 1 amide bonds. The zero-order chi connectivity index (χ0) is 14.5. The van der Waals surface area contributed by atoms with E-state index in [1.54, 1.807) is 6.07 Å². The molecule has 0 aromatic heterocycles. The molecule has 2 aromatic rings. The predicted octanol–water partition coefficient (Wildman–Crippen LogP) is 2.96. The summed E-state index contributed by atoms with van der Waals surface area (Å²) in [6, 6.07) is 14.8. The third kappa shape index (κ3) is 3.59. The van der Waals surface area contributed by atoms with Gasteiger partial charge in [0, 0.05) is 11.6 Å². The topological polar surface area (TPSA) is 55.1 Å². The van der Waals surface area contributed by atoms with Crippen LogP contribution in [-0.2, 0) is 11.3 Å². The smallest absolute Gasteiger partial charge is 0.239 e. The lowest BCUT2D eigenvalue weighted by atomic mass is 10.0. The number of hydrogen-bond acceptors (Lipinski definition) is 2. The van der Waals surface area contributed by atoms with Crippen LogP contribution in [-0.4, -0.2) is 5.91 Å². The molecule has 0 spiro atoms. The van der Waals surface area contributed by atoms with Crippen molar-refractivity contribution >= 4 is 17.5 Å². The van der Waals surface area contributed by atoms with E-state index in [4.69, 9.17) is 17.3 Å². The normalized spacial score (nSPS) is 12.1. The Balaban J connectivity index is 2.15. The lowest BCUT2D eigenvalue weighted by Crippen LogP contribution is -2.33. The van der Waals surface area contributed by atoms with Crippen molar-refractivity contribution in [3.63, 3.8) is 0 Å². The van der Waals surface area contributed by atoms with E-state index in [0.29, 0.717) is 11.6 Å². The first-order valence-electron chi connectivity index (χ1n) is 6.40. The van der Waals surface area contributed by atoms with Gasteiger partial charge in [0.15, 0.2) is 0 Å². The maximum Gasteiger partial charge on any atom is 0.239 e. The summed E-state index contributed by atoms with van der Waals surface area (Å²) < 4.78 is 0. The fourth-order valence-corrected chi connectivity index (χ4v) is 2.18. The Morgan fingerprint density at radius 1 is 1.25 bits per heavy atom. The summed E-state index contributed by atoms with van der Waals surface area (Å²) in [5, 5.41) is 3.80. The van der Waals surface area contributed by atoms with Crippen molar-refractivity contribution in [2.24, 2.45) is 5.73 Å². The first-order valence-corrected chi connectivity index (χ1v) is 6.78. The number of aryl methyl sites for hydroxylation is 1. The van der Waals surface area contributed by atoms with E-state index in [9.17, 15) is 4.79 Å². The first-order chi connectivity index (χ1) is 9.58. The number of primary amides is 1. The molecule has 20 heavy (non-hydrogen) atoms. The van der Waals surface area contributed by atoms with E-state index in [-0.39, 0.29) is 0 Å². The highest BCUT2D eigenvalue weighted by atomic mass is 35.5. The van der Waals surface area contributed by atoms with Crippen molar-refractivity contribution in [2.45, 2.75) is 19.5 Å². The van der Waals surface area contributed by atoms with Crippen LogP contribution in [0.3, 0.4) is 0 Å². The molecule has 3 nitrogen and oxygen atoms in total. The van der Waals surface area contributed by atoms with Crippen LogP contribution in [0.4, 0.5) is 0 Å². The lowest BCUT2D eigenvalue weighted by Gasteiger charge is -2.16. The molecule has 0 aliphatic carbocycles. The van der Waals surface area contributed by atoms with Crippen molar-refractivity contribution in [2.75, 3.05) is 0 Å². The Morgan fingerprint density at radius 2 is 1.95 bits per heavy atom. The fourth-order valence-electron chi connectivity index (χ4n) is 1.99. The monoisotopic (exact) mass is 288 g/mol. The van der Waals surface area contributed by atoms with Gasteiger partial charge in [0.2, 0.25) is 5.91 Å². The average Bonchev–Trinajstić information content (AvgIpc) is 2.43. The highest BCUT2D eigenvalue weighted by Gasteiger charge is 2.17. The number of benzene rings is 2. The van der Waals surface area contributed by atoms with Crippen molar-refractivity contribution in [1.29, 1.82) is 0 Å². The molecule has 2 aromatic carbocycles. The quantitative estimate of drug-likeness (QED) is 0.889. The van der Waals surface area contributed by atoms with Gasteiger partial charge in [-0.15, -0.1) is 0 Å². The molecule has 0 saturated carbocycles. The summed E-state index contributed by atoms with van der Waals surface area (Å²) in [4.78, 5) is 11.6. The van der Waals surface area contributed by atoms with Crippen molar-refractivity contribution in [3.8, 4) is 0 Å². The number of amides is 1. The molecule has 1 atom stereocenters. The molecule has 0 heterocycles. The Morgan fingerprint density at radius 3 is 2.55 bits per heavy atom. The van der Waals surface area contributed by atoms with E-state index in [0.717, 1.165) is 16.7 Å². The standard InChI is InChI=1S/C16H17ClN2O/c1-11-7-8-13(9-14(11)17)15(16(18)20)19-10-12-5-3-2-4-6-12/h2-9,15,19H,10H2,1H3,(H2,18,20). The molecule has 0 radical (unpaired) electrons. The second kappa shape index (κ2) is 6.55. The number of carbonyl (C=O) groups is 1. The van der Waals surface area contributed by atoms with Crippen LogP contribution < -0.4 is 11.1 Å². The lowest BCUT2D eigenvalue weighted by molar-refractivity contribution is -0.120. The third-order valence-electron chi connectivity index (χ3n) is 3.17. The summed E-state index contributed by atoms with van der Waals surface area (Å²) in [5.74, 6) is -0.416. The Bertz CT molecular complexity index is 599. The molecule has 0 aliphatic rings. The predicted molar refractivity (Wildman–Crippen MR) is 81.4 cm³/mol. The zero-order valence-electron chi connectivity index (χ0n) is 11.3. The number of nitrogens with two attached hydrogens (primary N) is 1. The van der Waals surface area contributed by atoms with Crippen LogP contribution in [0.15, 0.2) is 48.5 Å². The summed E-state index contributed by atoms with van der Waals surface area (Å²) >= 11 is 6.10. The molecule has 0 fully saturated rings. The largest absolute Gasteiger partial charge is 0.368 e. The molecule has 0 saturated heterocycles. The van der Waals surface area contributed by atoms with Crippen molar-refractivity contribution in [1.82, 2.24) is 5.32 Å². The molecule has 0 bridgehead atoms. The minimum atomic E-state index is -0.548. The second-order valence-corrected chi connectivity index (χ2v) is 5.12. The van der Waals surface area contributed by atoms with Gasteiger partial charge >= 0.3 is 0 Å². The van der Waals surface area contributed by atoms with Crippen molar-refractivity contribution in [3.05, 3.63) is 70.2 Å². The molecular formula is C16H17ClN2O. The van der Waals surface area contributed by atoms with Gasteiger partial charge in [-0.25, -0.2) is 0 Å². The Kier molecular flexibility index (Phi) is 4.77. The molecule has 1 unspecified atom stereocenters. The maximum absolute atomic E-state index is 11.6.